The molecule has 2 aromatic rings. The van der Waals surface area contributed by atoms with Gasteiger partial charge in [0.15, 0.2) is 6.61 Å². The molecule has 0 aliphatic rings. The molecule has 25 heavy (non-hydrogen) atoms. The van der Waals surface area contributed by atoms with Crippen molar-refractivity contribution in [1.82, 2.24) is 10.1 Å². The predicted molar refractivity (Wildman–Crippen MR) is 89.2 cm³/mol. The zero-order valence-electron chi connectivity index (χ0n) is 13.6. The molecular formula is C16H16ClN3O5. The summed E-state index contributed by atoms with van der Waals surface area (Å²) in [6.07, 6.45) is 0. The lowest BCUT2D eigenvalue weighted by molar-refractivity contribution is -0.136. The fourth-order valence-electron chi connectivity index (χ4n) is 1.82. The van der Waals surface area contributed by atoms with Crippen LogP contribution in [0.4, 0.5) is 5.69 Å². The van der Waals surface area contributed by atoms with Gasteiger partial charge in [-0.25, -0.2) is 4.79 Å². The van der Waals surface area contributed by atoms with E-state index in [1.165, 1.54) is 13.1 Å². The van der Waals surface area contributed by atoms with E-state index in [0.717, 1.165) is 4.90 Å². The van der Waals surface area contributed by atoms with E-state index in [1.54, 1.807) is 31.2 Å². The number of aryl methyl sites for hydroxylation is 1. The standard InChI is InChI=1S/C16H16ClN3O5/c1-10-7-13(25-19-10)16(23)24-9-15(22)20(2)8-14(21)18-12-6-4-3-5-11(12)17/h3-7H,8-9H2,1-2H3,(H,18,21). The van der Waals surface area contributed by atoms with Gasteiger partial charge in [-0.2, -0.15) is 0 Å². The molecule has 0 radical (unpaired) electrons. The zero-order valence-corrected chi connectivity index (χ0v) is 14.4. The predicted octanol–water partition coefficient (Wildman–Crippen LogP) is 1.89. The number of anilines is 1. The van der Waals surface area contributed by atoms with Crippen molar-refractivity contribution < 1.29 is 23.6 Å². The molecule has 0 unspecified atom stereocenters. The summed E-state index contributed by atoms with van der Waals surface area (Å²) in [4.78, 5) is 36.7. The first-order chi connectivity index (χ1) is 11.9. The summed E-state index contributed by atoms with van der Waals surface area (Å²) in [5.74, 6) is -1.87. The number of hydrogen-bond donors (Lipinski definition) is 1. The lowest BCUT2D eigenvalue weighted by Crippen LogP contribution is -2.37. The number of ether oxygens (including phenoxy) is 1. The summed E-state index contributed by atoms with van der Waals surface area (Å²) in [7, 11) is 1.42. The van der Waals surface area contributed by atoms with Crippen molar-refractivity contribution in [3.8, 4) is 0 Å². The van der Waals surface area contributed by atoms with Gasteiger partial charge in [0.1, 0.15) is 0 Å². The van der Waals surface area contributed by atoms with Crippen LogP contribution < -0.4 is 5.32 Å². The van der Waals surface area contributed by atoms with E-state index in [4.69, 9.17) is 20.9 Å². The van der Waals surface area contributed by atoms with E-state index in [0.29, 0.717) is 16.4 Å². The molecule has 0 aliphatic heterocycles. The van der Waals surface area contributed by atoms with E-state index in [9.17, 15) is 14.4 Å². The number of nitrogens with zero attached hydrogens (tertiary/aromatic N) is 2. The molecule has 1 heterocycles. The number of aromatic nitrogens is 1. The van der Waals surface area contributed by atoms with Crippen molar-refractivity contribution in [2.75, 3.05) is 25.5 Å². The van der Waals surface area contributed by atoms with Gasteiger partial charge in [0, 0.05) is 13.1 Å². The second-order valence-electron chi connectivity index (χ2n) is 5.19. The van der Waals surface area contributed by atoms with Crippen LogP contribution in [0.2, 0.25) is 5.02 Å². The SMILES string of the molecule is Cc1cc(C(=O)OCC(=O)N(C)CC(=O)Nc2ccccc2Cl)on1. The first-order valence-corrected chi connectivity index (χ1v) is 7.63. The van der Waals surface area contributed by atoms with Crippen LogP contribution in [0.3, 0.4) is 0 Å². The van der Waals surface area contributed by atoms with Crippen molar-refractivity contribution in [2.24, 2.45) is 0 Å². The van der Waals surface area contributed by atoms with Gasteiger partial charge in [-0.15, -0.1) is 0 Å². The number of hydrogen-bond acceptors (Lipinski definition) is 6. The molecule has 2 amide bonds. The highest BCUT2D eigenvalue weighted by Gasteiger charge is 2.18. The smallest absolute Gasteiger partial charge is 0.377 e. The van der Waals surface area contributed by atoms with Crippen molar-refractivity contribution in [3.05, 3.63) is 46.8 Å². The maximum absolute atomic E-state index is 11.9. The van der Waals surface area contributed by atoms with E-state index in [-0.39, 0.29) is 12.3 Å². The highest BCUT2D eigenvalue weighted by molar-refractivity contribution is 6.33. The Bertz CT molecular complexity index is 790. The molecule has 1 N–H and O–H groups in total. The lowest BCUT2D eigenvalue weighted by atomic mass is 10.3. The number of carbonyl (C=O) groups excluding carboxylic acids is 3. The minimum atomic E-state index is -0.803. The highest BCUT2D eigenvalue weighted by atomic mass is 35.5. The van der Waals surface area contributed by atoms with E-state index < -0.39 is 24.4 Å². The average molecular weight is 366 g/mol. The van der Waals surface area contributed by atoms with E-state index in [1.807, 2.05) is 0 Å². The fraction of sp³-hybridized carbons (Fsp3) is 0.250. The Balaban J connectivity index is 1.80. The summed E-state index contributed by atoms with van der Waals surface area (Å²) in [5.41, 5.74) is 0.966. The molecule has 0 fully saturated rings. The van der Waals surface area contributed by atoms with Crippen LogP contribution in [0.15, 0.2) is 34.9 Å². The second-order valence-corrected chi connectivity index (χ2v) is 5.59. The Hall–Kier alpha value is -2.87. The van der Waals surface area contributed by atoms with Crippen LogP contribution in [0, 0.1) is 6.92 Å². The minimum Gasteiger partial charge on any atom is -0.450 e. The molecule has 0 atom stereocenters. The lowest BCUT2D eigenvalue weighted by Gasteiger charge is -2.16. The van der Waals surface area contributed by atoms with Crippen molar-refractivity contribution in [1.29, 1.82) is 0 Å². The van der Waals surface area contributed by atoms with E-state index in [2.05, 4.69) is 10.5 Å². The number of para-hydroxylation sites is 1. The molecule has 0 aliphatic carbocycles. The molecule has 2 rings (SSSR count). The quantitative estimate of drug-likeness (QED) is 0.784. The van der Waals surface area contributed by atoms with Gasteiger partial charge >= 0.3 is 5.97 Å². The number of likely N-dealkylation sites (N-methyl/N-ethyl adjacent to an activating group) is 1. The number of carbonyl (C=O) groups is 3. The molecular weight excluding hydrogens is 350 g/mol. The number of rotatable bonds is 6. The first-order valence-electron chi connectivity index (χ1n) is 7.25. The Morgan fingerprint density at radius 3 is 2.68 bits per heavy atom. The summed E-state index contributed by atoms with van der Waals surface area (Å²) < 4.78 is 9.56. The van der Waals surface area contributed by atoms with Gasteiger partial charge in [-0.1, -0.05) is 28.9 Å². The highest BCUT2D eigenvalue weighted by Crippen LogP contribution is 2.20. The number of nitrogens with one attached hydrogen (secondary N) is 1. The van der Waals surface area contributed by atoms with E-state index >= 15 is 0 Å². The number of halogens is 1. The van der Waals surface area contributed by atoms with Gasteiger partial charge in [-0.05, 0) is 19.1 Å². The van der Waals surface area contributed by atoms with Crippen LogP contribution >= 0.6 is 11.6 Å². The number of esters is 1. The largest absolute Gasteiger partial charge is 0.450 e. The third-order valence-corrected chi connectivity index (χ3v) is 3.44. The third kappa shape index (κ3) is 5.32. The maximum atomic E-state index is 11.9. The molecule has 0 spiro atoms. The molecule has 8 nitrogen and oxygen atoms in total. The number of benzene rings is 1. The molecule has 1 aromatic heterocycles. The Morgan fingerprint density at radius 2 is 2.04 bits per heavy atom. The van der Waals surface area contributed by atoms with Crippen LogP contribution in [0.1, 0.15) is 16.2 Å². The Morgan fingerprint density at radius 1 is 1.32 bits per heavy atom. The Kier molecular flexibility index (Phi) is 6.13. The van der Waals surface area contributed by atoms with Crippen LogP contribution in [-0.4, -0.2) is 48.0 Å². The van der Waals surface area contributed by atoms with Crippen LogP contribution in [0.5, 0.6) is 0 Å². The van der Waals surface area contributed by atoms with Gasteiger partial charge < -0.3 is 19.5 Å². The van der Waals surface area contributed by atoms with Crippen molar-refractivity contribution >= 4 is 35.1 Å². The monoisotopic (exact) mass is 365 g/mol. The third-order valence-electron chi connectivity index (χ3n) is 3.11. The van der Waals surface area contributed by atoms with Gasteiger partial charge in [0.25, 0.3) is 5.91 Å². The normalized spacial score (nSPS) is 10.2. The molecule has 0 saturated carbocycles. The molecule has 1 aromatic carbocycles. The van der Waals surface area contributed by atoms with Gasteiger partial charge in [0.2, 0.25) is 11.7 Å². The maximum Gasteiger partial charge on any atom is 0.377 e. The fourth-order valence-corrected chi connectivity index (χ4v) is 2.01. The van der Waals surface area contributed by atoms with Gasteiger partial charge in [-0.3, -0.25) is 9.59 Å². The van der Waals surface area contributed by atoms with Crippen LogP contribution in [-0.2, 0) is 14.3 Å². The zero-order chi connectivity index (χ0) is 18.4. The first kappa shape index (κ1) is 18.5. The van der Waals surface area contributed by atoms with Crippen molar-refractivity contribution in [2.45, 2.75) is 6.92 Å². The number of amides is 2. The summed E-state index contributed by atoms with van der Waals surface area (Å²) in [5, 5.41) is 6.53. The second kappa shape index (κ2) is 8.29. The molecule has 0 saturated heterocycles. The molecule has 132 valence electrons. The summed E-state index contributed by atoms with van der Waals surface area (Å²) in [6, 6.07) is 8.13. The molecule has 0 bridgehead atoms. The average Bonchev–Trinajstić information content (AvgIpc) is 3.01. The van der Waals surface area contributed by atoms with Crippen LogP contribution in [0.25, 0.3) is 0 Å². The van der Waals surface area contributed by atoms with Crippen molar-refractivity contribution in [3.63, 3.8) is 0 Å². The molecule has 9 heteroatoms. The minimum absolute atomic E-state index is 0.0931. The van der Waals surface area contributed by atoms with Gasteiger partial charge in [0.05, 0.1) is 22.9 Å². The summed E-state index contributed by atoms with van der Waals surface area (Å²) >= 11 is 5.95. The summed E-state index contributed by atoms with van der Waals surface area (Å²) in [6.45, 7) is 0.911. The Labute approximate surface area is 148 Å². The topological polar surface area (TPSA) is 102 Å².